The molecule has 1 N–H and O–H groups in total. The van der Waals surface area contributed by atoms with Crippen LogP contribution < -0.4 is 14.4 Å². The fraction of sp³-hybridized carbons (Fsp3) is 0.500. The van der Waals surface area contributed by atoms with Gasteiger partial charge in [-0.05, 0) is 24.1 Å². The maximum absolute atomic E-state index is 12.2. The van der Waals surface area contributed by atoms with Crippen LogP contribution in [-0.2, 0) is 14.8 Å². The average Bonchev–Trinajstić information content (AvgIpc) is 2.42. The SMILES string of the molecule is CC(C)CNC(=O)C1CN(S(C)(=O)=O)c2cc(Cl)ccc2O1. The highest BCUT2D eigenvalue weighted by molar-refractivity contribution is 7.92. The van der Waals surface area contributed by atoms with E-state index in [2.05, 4.69) is 5.32 Å². The second kappa shape index (κ2) is 6.34. The van der Waals surface area contributed by atoms with Crippen LogP contribution >= 0.6 is 11.6 Å². The van der Waals surface area contributed by atoms with Gasteiger partial charge in [-0.1, -0.05) is 25.4 Å². The second-order valence-corrected chi connectivity index (χ2v) is 7.99. The summed E-state index contributed by atoms with van der Waals surface area (Å²) in [7, 11) is -3.54. The molecule has 0 saturated carbocycles. The van der Waals surface area contributed by atoms with Gasteiger partial charge in [-0.25, -0.2) is 8.42 Å². The molecule has 2 rings (SSSR count). The lowest BCUT2D eigenvalue weighted by atomic mass is 10.2. The van der Waals surface area contributed by atoms with E-state index < -0.39 is 16.1 Å². The van der Waals surface area contributed by atoms with Crippen molar-refractivity contribution in [1.29, 1.82) is 0 Å². The van der Waals surface area contributed by atoms with E-state index in [4.69, 9.17) is 16.3 Å². The molecule has 0 aliphatic carbocycles. The molecule has 0 saturated heterocycles. The van der Waals surface area contributed by atoms with E-state index in [1.54, 1.807) is 12.1 Å². The molecule has 1 heterocycles. The highest BCUT2D eigenvalue weighted by Gasteiger charge is 2.35. The van der Waals surface area contributed by atoms with Gasteiger partial charge in [0.25, 0.3) is 5.91 Å². The minimum atomic E-state index is -3.54. The Balaban J connectivity index is 2.29. The molecule has 0 fully saturated rings. The van der Waals surface area contributed by atoms with Crippen molar-refractivity contribution in [2.24, 2.45) is 5.92 Å². The van der Waals surface area contributed by atoms with Gasteiger partial charge in [0.05, 0.1) is 18.5 Å². The number of halogens is 1. The lowest BCUT2D eigenvalue weighted by molar-refractivity contribution is -0.127. The Hall–Kier alpha value is -1.47. The number of amides is 1. The molecule has 8 heteroatoms. The van der Waals surface area contributed by atoms with Crippen molar-refractivity contribution in [1.82, 2.24) is 5.32 Å². The summed E-state index contributed by atoms with van der Waals surface area (Å²) in [6.07, 6.45) is 0.202. The van der Waals surface area contributed by atoms with Crippen molar-refractivity contribution in [3.8, 4) is 5.75 Å². The summed E-state index contributed by atoms with van der Waals surface area (Å²) in [5, 5.41) is 3.16. The summed E-state index contributed by atoms with van der Waals surface area (Å²) in [5.41, 5.74) is 0.350. The molecule has 1 aromatic carbocycles. The Morgan fingerprint density at radius 2 is 2.18 bits per heavy atom. The molecule has 1 aliphatic heterocycles. The third-order valence-electron chi connectivity index (χ3n) is 3.17. The van der Waals surface area contributed by atoms with Crippen LogP contribution in [0.2, 0.25) is 5.02 Å². The number of carbonyl (C=O) groups is 1. The number of sulfonamides is 1. The number of nitrogens with zero attached hydrogens (tertiary/aromatic N) is 1. The zero-order valence-corrected chi connectivity index (χ0v) is 14.2. The summed E-state index contributed by atoms with van der Waals surface area (Å²) in [5.74, 6) is 0.290. The van der Waals surface area contributed by atoms with Crippen LogP contribution in [0.15, 0.2) is 18.2 Å². The number of hydrogen-bond donors (Lipinski definition) is 1. The van der Waals surface area contributed by atoms with Gasteiger partial charge >= 0.3 is 0 Å². The topological polar surface area (TPSA) is 75.7 Å². The first-order chi connectivity index (χ1) is 10.2. The van der Waals surface area contributed by atoms with E-state index in [0.717, 1.165) is 10.6 Å². The van der Waals surface area contributed by atoms with E-state index in [0.29, 0.717) is 28.9 Å². The van der Waals surface area contributed by atoms with Crippen molar-refractivity contribution >= 4 is 33.2 Å². The van der Waals surface area contributed by atoms with Crippen molar-refractivity contribution in [2.45, 2.75) is 20.0 Å². The van der Waals surface area contributed by atoms with Crippen LogP contribution in [0.25, 0.3) is 0 Å². The average molecular weight is 347 g/mol. The molecular weight excluding hydrogens is 328 g/mol. The molecule has 1 amide bonds. The highest BCUT2D eigenvalue weighted by Crippen LogP contribution is 2.37. The first kappa shape index (κ1) is 16.9. The number of ether oxygens (including phenoxy) is 1. The molecular formula is C14H19ClN2O4S. The summed E-state index contributed by atoms with van der Waals surface area (Å²) < 4.78 is 30.8. The van der Waals surface area contributed by atoms with Gasteiger partial charge in [0, 0.05) is 11.6 Å². The number of fused-ring (bicyclic) bond motifs is 1. The van der Waals surface area contributed by atoms with E-state index in [9.17, 15) is 13.2 Å². The molecule has 6 nitrogen and oxygen atoms in total. The van der Waals surface area contributed by atoms with Crippen LogP contribution in [0.4, 0.5) is 5.69 Å². The molecule has 122 valence electrons. The largest absolute Gasteiger partial charge is 0.476 e. The number of anilines is 1. The molecule has 1 atom stereocenters. The smallest absolute Gasteiger partial charge is 0.263 e. The standard InChI is InChI=1S/C14H19ClN2O4S/c1-9(2)7-16-14(18)13-8-17(22(3,19)20)11-6-10(15)4-5-12(11)21-13/h4-6,9,13H,7-8H2,1-3H3,(H,16,18). The molecule has 0 radical (unpaired) electrons. The minimum absolute atomic E-state index is 0.0733. The predicted octanol–water partition coefficient (Wildman–Crippen LogP) is 1.64. The maximum Gasteiger partial charge on any atom is 0.263 e. The van der Waals surface area contributed by atoms with Crippen molar-refractivity contribution in [3.05, 3.63) is 23.2 Å². The molecule has 1 unspecified atom stereocenters. The van der Waals surface area contributed by atoms with Crippen molar-refractivity contribution in [2.75, 3.05) is 23.7 Å². The van der Waals surface area contributed by atoms with Crippen LogP contribution in [0.3, 0.4) is 0 Å². The van der Waals surface area contributed by atoms with Crippen molar-refractivity contribution < 1.29 is 17.9 Å². The predicted molar refractivity (Wildman–Crippen MR) is 85.9 cm³/mol. The Kier molecular flexibility index (Phi) is 4.87. The molecule has 1 aliphatic rings. The summed E-state index contributed by atoms with van der Waals surface area (Å²) in [6.45, 7) is 4.38. The lowest BCUT2D eigenvalue weighted by Gasteiger charge is -2.34. The van der Waals surface area contributed by atoms with E-state index in [1.165, 1.54) is 6.07 Å². The highest BCUT2D eigenvalue weighted by atomic mass is 35.5. The van der Waals surface area contributed by atoms with Gasteiger partial charge in [0.1, 0.15) is 5.75 Å². The first-order valence-electron chi connectivity index (χ1n) is 6.90. The van der Waals surface area contributed by atoms with E-state index in [1.807, 2.05) is 13.8 Å². The summed E-state index contributed by atoms with van der Waals surface area (Å²) in [6, 6.07) is 4.67. The van der Waals surface area contributed by atoms with Gasteiger partial charge < -0.3 is 10.1 Å². The van der Waals surface area contributed by atoms with Crippen LogP contribution in [0.5, 0.6) is 5.75 Å². The van der Waals surface area contributed by atoms with Gasteiger partial charge in [-0.2, -0.15) is 0 Å². The van der Waals surface area contributed by atoms with Crippen LogP contribution in [0, 0.1) is 5.92 Å². The number of carbonyl (C=O) groups excluding carboxylic acids is 1. The number of rotatable bonds is 4. The van der Waals surface area contributed by atoms with Gasteiger partial charge in [0.2, 0.25) is 10.0 Å². The van der Waals surface area contributed by atoms with E-state index >= 15 is 0 Å². The van der Waals surface area contributed by atoms with E-state index in [-0.39, 0.29) is 12.5 Å². The van der Waals surface area contributed by atoms with Gasteiger partial charge in [0.15, 0.2) is 6.10 Å². The Labute approximate surface area is 135 Å². The fourth-order valence-corrected chi connectivity index (χ4v) is 3.17. The molecule has 0 spiro atoms. The monoisotopic (exact) mass is 346 g/mol. The van der Waals surface area contributed by atoms with Crippen LogP contribution in [-0.4, -0.2) is 39.8 Å². The Morgan fingerprint density at radius 3 is 2.77 bits per heavy atom. The normalized spacial score (nSPS) is 17.9. The lowest BCUT2D eigenvalue weighted by Crippen LogP contribution is -2.50. The molecule has 1 aromatic rings. The minimum Gasteiger partial charge on any atom is -0.476 e. The zero-order chi connectivity index (χ0) is 16.5. The molecule has 22 heavy (non-hydrogen) atoms. The second-order valence-electron chi connectivity index (χ2n) is 5.65. The number of benzene rings is 1. The molecule has 0 bridgehead atoms. The Bertz CT molecular complexity index is 675. The summed E-state index contributed by atoms with van der Waals surface area (Å²) >= 11 is 5.92. The van der Waals surface area contributed by atoms with Gasteiger partial charge in [-0.3, -0.25) is 9.10 Å². The number of hydrogen-bond acceptors (Lipinski definition) is 4. The molecule has 0 aromatic heterocycles. The summed E-state index contributed by atoms with van der Waals surface area (Å²) in [4.78, 5) is 12.2. The van der Waals surface area contributed by atoms with Crippen molar-refractivity contribution in [3.63, 3.8) is 0 Å². The Morgan fingerprint density at radius 1 is 1.50 bits per heavy atom. The van der Waals surface area contributed by atoms with Crippen LogP contribution in [0.1, 0.15) is 13.8 Å². The zero-order valence-electron chi connectivity index (χ0n) is 12.7. The third-order valence-corrected chi connectivity index (χ3v) is 4.55. The quantitative estimate of drug-likeness (QED) is 0.899. The first-order valence-corrected chi connectivity index (χ1v) is 9.12. The fourth-order valence-electron chi connectivity index (χ4n) is 2.09. The van der Waals surface area contributed by atoms with Gasteiger partial charge in [-0.15, -0.1) is 0 Å². The third kappa shape index (κ3) is 3.84. The number of nitrogens with one attached hydrogen (secondary N) is 1. The maximum atomic E-state index is 12.2.